The Hall–Kier alpha value is -4.74. The van der Waals surface area contributed by atoms with E-state index in [4.69, 9.17) is 14.0 Å². The van der Waals surface area contributed by atoms with Crippen LogP contribution in [0.4, 0.5) is 17.1 Å². The molecule has 33 heavy (non-hydrogen) atoms. The van der Waals surface area contributed by atoms with Crippen LogP contribution in [-0.2, 0) is 4.79 Å². The summed E-state index contributed by atoms with van der Waals surface area (Å²) in [6, 6.07) is 10.4. The Morgan fingerprint density at radius 3 is 2.61 bits per heavy atom. The second kappa shape index (κ2) is 10.0. The molecule has 0 spiro atoms. The molecule has 12 nitrogen and oxygen atoms in total. The zero-order chi connectivity index (χ0) is 24.0. The van der Waals surface area contributed by atoms with Gasteiger partial charge in [-0.1, -0.05) is 23.4 Å². The number of non-ortho nitro benzene ring substituents is 1. The summed E-state index contributed by atoms with van der Waals surface area (Å²) < 4.78 is 15.8. The quantitative estimate of drug-likeness (QED) is 0.372. The number of anilines is 1. The zero-order valence-electron chi connectivity index (χ0n) is 17.5. The molecule has 1 aromatic heterocycles. The Morgan fingerprint density at radius 2 is 1.91 bits per heavy atom. The second-order valence-corrected chi connectivity index (χ2v) is 6.63. The number of nitrogens with one attached hydrogen (secondary N) is 1. The lowest BCUT2D eigenvalue weighted by Gasteiger charge is -2.11. The predicted molar refractivity (Wildman–Crippen MR) is 117 cm³/mol. The van der Waals surface area contributed by atoms with E-state index < -0.39 is 15.8 Å². The first-order chi connectivity index (χ1) is 15.8. The molecular weight excluding hydrogens is 436 g/mol. The van der Waals surface area contributed by atoms with Crippen LogP contribution in [0.3, 0.4) is 0 Å². The number of nitro benzene ring substituents is 1. The fourth-order valence-corrected chi connectivity index (χ4v) is 2.83. The summed E-state index contributed by atoms with van der Waals surface area (Å²) in [4.78, 5) is 33.0. The number of nitro groups is 2. The molecule has 2 aromatic carbocycles. The summed E-state index contributed by atoms with van der Waals surface area (Å²) in [5, 5.41) is 28.1. The highest BCUT2D eigenvalue weighted by Crippen LogP contribution is 2.30. The van der Waals surface area contributed by atoms with Crippen LogP contribution in [-0.4, -0.2) is 34.6 Å². The highest BCUT2D eigenvalue weighted by Gasteiger charge is 2.22. The van der Waals surface area contributed by atoms with Crippen molar-refractivity contribution in [3.63, 3.8) is 0 Å². The van der Waals surface area contributed by atoms with Crippen LogP contribution in [0.25, 0.3) is 12.2 Å². The van der Waals surface area contributed by atoms with Crippen LogP contribution in [0, 0.1) is 27.2 Å². The van der Waals surface area contributed by atoms with Crippen LogP contribution in [0.2, 0.25) is 0 Å². The molecule has 0 unspecified atom stereocenters. The second-order valence-electron chi connectivity index (χ2n) is 6.63. The van der Waals surface area contributed by atoms with Gasteiger partial charge in [-0.25, -0.2) is 0 Å². The van der Waals surface area contributed by atoms with Gasteiger partial charge in [-0.3, -0.25) is 25.0 Å². The van der Waals surface area contributed by atoms with Crippen molar-refractivity contribution in [1.29, 1.82) is 0 Å². The van der Waals surface area contributed by atoms with Crippen LogP contribution in [0.1, 0.15) is 17.0 Å². The summed E-state index contributed by atoms with van der Waals surface area (Å²) in [7, 11) is 1.42. The van der Waals surface area contributed by atoms with E-state index in [1.807, 2.05) is 0 Å². The van der Waals surface area contributed by atoms with E-state index in [-0.39, 0.29) is 40.9 Å². The summed E-state index contributed by atoms with van der Waals surface area (Å²) in [5.74, 6) is 0.0954. The van der Waals surface area contributed by atoms with Gasteiger partial charge < -0.3 is 19.3 Å². The molecule has 0 atom stereocenters. The van der Waals surface area contributed by atoms with Crippen molar-refractivity contribution in [2.75, 3.05) is 19.0 Å². The Morgan fingerprint density at radius 1 is 1.12 bits per heavy atom. The van der Waals surface area contributed by atoms with Gasteiger partial charge in [-0.05, 0) is 36.8 Å². The smallest absolute Gasteiger partial charge is 0.338 e. The van der Waals surface area contributed by atoms with E-state index in [0.717, 1.165) is 0 Å². The summed E-state index contributed by atoms with van der Waals surface area (Å²) >= 11 is 0. The maximum atomic E-state index is 12.2. The molecule has 3 aromatic rings. The van der Waals surface area contributed by atoms with Crippen LogP contribution >= 0.6 is 0 Å². The van der Waals surface area contributed by atoms with Crippen molar-refractivity contribution in [2.45, 2.75) is 6.92 Å². The Balaban J connectivity index is 1.66. The Bertz CT molecular complexity index is 1230. The molecule has 3 rings (SSSR count). The van der Waals surface area contributed by atoms with E-state index in [1.54, 1.807) is 24.3 Å². The number of carbonyl (C=O) groups excluding carboxylic acids is 1. The van der Waals surface area contributed by atoms with E-state index in [9.17, 15) is 25.0 Å². The lowest BCUT2D eigenvalue weighted by molar-refractivity contribution is -0.386. The maximum absolute atomic E-state index is 12.2. The van der Waals surface area contributed by atoms with E-state index >= 15 is 0 Å². The monoisotopic (exact) mass is 454 g/mol. The van der Waals surface area contributed by atoms with Crippen LogP contribution in [0.5, 0.6) is 11.5 Å². The third kappa shape index (κ3) is 5.70. The number of benzene rings is 2. The maximum Gasteiger partial charge on any atom is 0.338 e. The first-order valence-electron chi connectivity index (χ1n) is 9.42. The number of nitrogens with zero attached hydrogens (tertiary/aromatic N) is 3. The van der Waals surface area contributed by atoms with Crippen LogP contribution in [0.15, 0.2) is 47.0 Å². The number of amides is 1. The highest BCUT2D eigenvalue weighted by atomic mass is 16.6. The normalized spacial score (nSPS) is 10.7. The fraction of sp³-hybridized carbons (Fsp3) is 0.143. The van der Waals surface area contributed by atoms with Gasteiger partial charge in [0, 0.05) is 17.8 Å². The number of rotatable bonds is 9. The van der Waals surface area contributed by atoms with E-state index in [1.165, 1.54) is 44.4 Å². The van der Waals surface area contributed by atoms with Gasteiger partial charge in [0.1, 0.15) is 0 Å². The molecule has 0 aliphatic carbocycles. The molecule has 0 radical (unpaired) electrons. The van der Waals surface area contributed by atoms with Gasteiger partial charge in [0.2, 0.25) is 5.76 Å². The SMILES string of the molecule is COc1cc(/C=C/c2onc(C)c2[N+](=O)[O-])ccc1OCC(=O)Nc1cccc([N+](=O)[O-])c1. The largest absolute Gasteiger partial charge is 0.493 e. The summed E-state index contributed by atoms with van der Waals surface area (Å²) in [6.07, 6.45) is 2.99. The summed E-state index contributed by atoms with van der Waals surface area (Å²) in [5.41, 5.74) is 0.702. The minimum Gasteiger partial charge on any atom is -0.493 e. The number of hydrogen-bond acceptors (Lipinski definition) is 9. The predicted octanol–water partition coefficient (Wildman–Crippen LogP) is 4.00. The third-order valence-corrected chi connectivity index (χ3v) is 4.35. The lowest BCUT2D eigenvalue weighted by atomic mass is 10.1. The van der Waals surface area contributed by atoms with Crippen molar-refractivity contribution in [3.05, 3.63) is 79.7 Å². The highest BCUT2D eigenvalue weighted by molar-refractivity contribution is 5.92. The van der Waals surface area contributed by atoms with Gasteiger partial charge in [-0.2, -0.15) is 0 Å². The van der Waals surface area contributed by atoms with E-state index in [2.05, 4.69) is 10.5 Å². The molecule has 1 amide bonds. The first-order valence-corrected chi connectivity index (χ1v) is 9.42. The standard InChI is InChI=1S/C21H18N4O8/c1-13-21(25(29)30)18(33-23-13)9-7-14-6-8-17(19(10-14)31-2)32-12-20(26)22-15-4-3-5-16(11-15)24(27)28/h3-11H,12H2,1-2H3,(H,22,26)/b9-7+. The lowest BCUT2D eigenvalue weighted by Crippen LogP contribution is -2.20. The zero-order valence-corrected chi connectivity index (χ0v) is 17.5. The number of aryl methyl sites for hydroxylation is 1. The van der Waals surface area contributed by atoms with Crippen molar-refractivity contribution in [3.8, 4) is 11.5 Å². The van der Waals surface area contributed by atoms with Crippen molar-refractivity contribution < 1.29 is 28.6 Å². The van der Waals surface area contributed by atoms with Gasteiger partial charge in [0.05, 0.1) is 17.0 Å². The molecule has 0 fully saturated rings. The molecule has 0 saturated carbocycles. The molecule has 0 aliphatic heterocycles. The van der Waals surface area contributed by atoms with Crippen molar-refractivity contribution >= 4 is 35.1 Å². The number of aromatic nitrogens is 1. The van der Waals surface area contributed by atoms with Gasteiger partial charge in [0.15, 0.2) is 23.8 Å². The number of ether oxygens (including phenoxy) is 2. The third-order valence-electron chi connectivity index (χ3n) is 4.35. The van der Waals surface area contributed by atoms with Crippen molar-refractivity contribution in [1.82, 2.24) is 5.16 Å². The summed E-state index contributed by atoms with van der Waals surface area (Å²) in [6.45, 7) is 1.11. The number of methoxy groups -OCH3 is 1. The van der Waals surface area contributed by atoms with Crippen LogP contribution < -0.4 is 14.8 Å². The minimum atomic E-state index is -0.568. The topological polar surface area (TPSA) is 160 Å². The number of hydrogen-bond donors (Lipinski definition) is 1. The average Bonchev–Trinajstić information content (AvgIpc) is 3.17. The van der Waals surface area contributed by atoms with Gasteiger partial charge >= 0.3 is 5.69 Å². The molecule has 0 bridgehead atoms. The fourth-order valence-electron chi connectivity index (χ4n) is 2.83. The molecule has 12 heteroatoms. The number of carbonyl (C=O) groups is 1. The Labute approximate surface area is 186 Å². The van der Waals surface area contributed by atoms with Crippen molar-refractivity contribution in [2.24, 2.45) is 0 Å². The first kappa shape index (κ1) is 22.9. The minimum absolute atomic E-state index is 0.00890. The molecule has 0 aliphatic rings. The molecular formula is C21H18N4O8. The molecule has 170 valence electrons. The van der Waals surface area contributed by atoms with Gasteiger partial charge in [-0.15, -0.1) is 0 Å². The molecule has 0 saturated heterocycles. The van der Waals surface area contributed by atoms with Gasteiger partial charge in [0.25, 0.3) is 11.6 Å². The van der Waals surface area contributed by atoms with E-state index in [0.29, 0.717) is 11.3 Å². The molecule has 1 heterocycles. The average molecular weight is 454 g/mol. The molecule has 1 N–H and O–H groups in total. The Kier molecular flexibility index (Phi) is 6.98.